The minimum absolute atomic E-state index is 0.0709. The van der Waals surface area contributed by atoms with Crippen LogP contribution in [0.15, 0.2) is 54.9 Å². The molecular weight excluding hydrogens is 404 g/mol. The smallest absolute Gasteiger partial charge is 0.328 e. The molecule has 7 heteroatoms. The molecule has 0 saturated carbocycles. The molecule has 170 valence electrons. The van der Waals surface area contributed by atoms with Crippen molar-refractivity contribution in [2.24, 2.45) is 0 Å². The second-order valence-corrected chi connectivity index (χ2v) is 8.79. The third-order valence-corrected chi connectivity index (χ3v) is 6.81. The van der Waals surface area contributed by atoms with Crippen LogP contribution in [0.5, 0.6) is 0 Å². The van der Waals surface area contributed by atoms with Crippen LogP contribution < -0.4 is 0 Å². The van der Waals surface area contributed by atoms with Crippen molar-refractivity contribution in [1.29, 1.82) is 0 Å². The van der Waals surface area contributed by atoms with Gasteiger partial charge in [0.05, 0.1) is 13.2 Å². The molecule has 0 bridgehead atoms. The highest BCUT2D eigenvalue weighted by molar-refractivity contribution is 6.07. The van der Waals surface area contributed by atoms with E-state index in [-0.39, 0.29) is 24.5 Å². The first kappa shape index (κ1) is 22.4. The van der Waals surface area contributed by atoms with Gasteiger partial charge < -0.3 is 9.64 Å². The van der Waals surface area contributed by atoms with Gasteiger partial charge in [0.25, 0.3) is 5.91 Å². The van der Waals surface area contributed by atoms with Crippen LogP contribution >= 0.6 is 0 Å². The first-order chi connectivity index (χ1) is 15.5. The number of benzene rings is 1. The molecule has 2 aromatic rings. The Kier molecular flexibility index (Phi) is 6.86. The monoisotopic (exact) mass is 436 g/mol. The predicted molar refractivity (Wildman–Crippen MR) is 122 cm³/mol. The van der Waals surface area contributed by atoms with E-state index in [4.69, 9.17) is 4.74 Å². The van der Waals surface area contributed by atoms with Gasteiger partial charge >= 0.3 is 6.03 Å². The van der Waals surface area contributed by atoms with Gasteiger partial charge in [0.2, 0.25) is 0 Å². The number of nitrogens with zero attached hydrogens (tertiary/aromatic N) is 4. The maximum atomic E-state index is 13.7. The van der Waals surface area contributed by atoms with Gasteiger partial charge in [-0.25, -0.2) is 4.79 Å². The molecular formula is C25H32N4O3. The van der Waals surface area contributed by atoms with Crippen LogP contribution in [0.4, 0.5) is 4.79 Å². The average Bonchev–Trinajstić information content (AvgIpc) is 3.01. The standard InChI is InChI=1S/C25H32N4O3/c1-20(19-32-2)27-15-11-25(12-16-27)23(30)28(18-22-9-6-13-26-17-22)24(31)29(25)14-10-21-7-4-3-5-8-21/h3-9,13,17,20H,10-12,14-16,18-19H2,1-2H3. The number of carbonyl (C=O) groups excluding carboxylic acids is 2. The molecule has 0 N–H and O–H groups in total. The van der Waals surface area contributed by atoms with E-state index in [0.29, 0.717) is 26.0 Å². The van der Waals surface area contributed by atoms with Crippen molar-refractivity contribution in [2.45, 2.75) is 44.3 Å². The van der Waals surface area contributed by atoms with Crippen molar-refractivity contribution in [3.63, 3.8) is 0 Å². The van der Waals surface area contributed by atoms with Gasteiger partial charge in [-0.1, -0.05) is 36.4 Å². The second kappa shape index (κ2) is 9.79. The van der Waals surface area contributed by atoms with Crippen LogP contribution in [0.25, 0.3) is 0 Å². The fourth-order valence-electron chi connectivity index (χ4n) is 4.96. The molecule has 2 aliphatic heterocycles. The van der Waals surface area contributed by atoms with E-state index in [1.54, 1.807) is 19.5 Å². The number of likely N-dealkylation sites (tertiary alicyclic amines) is 1. The lowest BCUT2D eigenvalue weighted by Crippen LogP contribution is -2.58. The van der Waals surface area contributed by atoms with Gasteiger partial charge in [0, 0.05) is 45.2 Å². The van der Waals surface area contributed by atoms with E-state index in [2.05, 4.69) is 28.9 Å². The number of amides is 3. The molecule has 1 aromatic carbocycles. The lowest BCUT2D eigenvalue weighted by atomic mass is 9.85. The molecule has 2 aliphatic rings. The summed E-state index contributed by atoms with van der Waals surface area (Å²) in [5.41, 5.74) is 1.26. The molecule has 2 fully saturated rings. The molecule has 4 rings (SSSR count). The highest BCUT2D eigenvalue weighted by Gasteiger charge is 2.57. The molecule has 1 unspecified atom stereocenters. The Morgan fingerprint density at radius 1 is 1.06 bits per heavy atom. The zero-order valence-corrected chi connectivity index (χ0v) is 18.9. The quantitative estimate of drug-likeness (QED) is 0.596. The predicted octanol–water partition coefficient (Wildman–Crippen LogP) is 2.96. The van der Waals surface area contributed by atoms with Crippen molar-refractivity contribution in [3.8, 4) is 0 Å². The van der Waals surface area contributed by atoms with Crippen LogP contribution in [0, 0.1) is 0 Å². The third kappa shape index (κ3) is 4.40. The van der Waals surface area contributed by atoms with Crippen LogP contribution in [0.2, 0.25) is 0 Å². The molecule has 3 amide bonds. The Balaban J connectivity index is 1.56. The maximum absolute atomic E-state index is 13.7. The first-order valence-electron chi connectivity index (χ1n) is 11.3. The maximum Gasteiger partial charge on any atom is 0.328 e. The minimum atomic E-state index is -0.767. The highest BCUT2D eigenvalue weighted by Crippen LogP contribution is 2.38. The number of piperidine rings is 1. The number of carbonyl (C=O) groups is 2. The van der Waals surface area contributed by atoms with Gasteiger partial charge in [-0.15, -0.1) is 0 Å². The van der Waals surface area contributed by atoms with E-state index in [1.165, 1.54) is 10.5 Å². The Labute approximate surface area is 190 Å². The minimum Gasteiger partial charge on any atom is -0.383 e. The molecule has 0 radical (unpaired) electrons. The number of hydrogen-bond acceptors (Lipinski definition) is 5. The van der Waals surface area contributed by atoms with Gasteiger partial charge in [0.1, 0.15) is 5.54 Å². The van der Waals surface area contributed by atoms with Crippen molar-refractivity contribution < 1.29 is 14.3 Å². The molecule has 0 aliphatic carbocycles. The molecule has 7 nitrogen and oxygen atoms in total. The highest BCUT2D eigenvalue weighted by atomic mass is 16.5. The fraction of sp³-hybridized carbons (Fsp3) is 0.480. The molecule has 1 spiro atoms. The van der Waals surface area contributed by atoms with Crippen molar-refractivity contribution in [3.05, 3.63) is 66.0 Å². The van der Waals surface area contributed by atoms with Gasteiger partial charge in [-0.2, -0.15) is 0 Å². The van der Waals surface area contributed by atoms with E-state index in [0.717, 1.165) is 25.1 Å². The first-order valence-corrected chi connectivity index (χ1v) is 11.3. The lowest BCUT2D eigenvalue weighted by Gasteiger charge is -2.44. The molecule has 1 aromatic heterocycles. The number of urea groups is 1. The Hall–Kier alpha value is -2.77. The number of hydrogen-bond donors (Lipinski definition) is 0. The van der Waals surface area contributed by atoms with Crippen molar-refractivity contribution in [1.82, 2.24) is 19.7 Å². The zero-order valence-electron chi connectivity index (χ0n) is 18.9. The average molecular weight is 437 g/mol. The van der Waals surface area contributed by atoms with Crippen molar-refractivity contribution in [2.75, 3.05) is 33.4 Å². The Morgan fingerprint density at radius 2 is 1.78 bits per heavy atom. The molecule has 3 heterocycles. The number of imide groups is 1. The number of ether oxygens (including phenoxy) is 1. The summed E-state index contributed by atoms with van der Waals surface area (Å²) in [5.74, 6) is -0.0709. The van der Waals surface area contributed by atoms with Gasteiger partial charge in [-0.05, 0) is 43.4 Å². The van der Waals surface area contributed by atoms with E-state index in [1.807, 2.05) is 35.2 Å². The summed E-state index contributed by atoms with van der Waals surface area (Å²) in [6, 6.07) is 14.0. The van der Waals surface area contributed by atoms with E-state index < -0.39 is 5.54 Å². The van der Waals surface area contributed by atoms with Gasteiger partial charge in [0.15, 0.2) is 0 Å². The second-order valence-electron chi connectivity index (χ2n) is 8.79. The van der Waals surface area contributed by atoms with Crippen molar-refractivity contribution >= 4 is 11.9 Å². The zero-order chi connectivity index (χ0) is 22.6. The summed E-state index contributed by atoms with van der Waals surface area (Å²) >= 11 is 0. The fourth-order valence-corrected chi connectivity index (χ4v) is 4.96. The summed E-state index contributed by atoms with van der Waals surface area (Å²) in [6.07, 6.45) is 5.43. The normalized spacial score (nSPS) is 19.7. The van der Waals surface area contributed by atoms with Gasteiger partial charge in [-0.3, -0.25) is 19.6 Å². The molecule has 32 heavy (non-hydrogen) atoms. The number of methoxy groups -OCH3 is 1. The van der Waals surface area contributed by atoms with Crippen LogP contribution in [-0.4, -0.2) is 76.6 Å². The third-order valence-electron chi connectivity index (χ3n) is 6.81. The van der Waals surface area contributed by atoms with Crippen LogP contribution in [0.1, 0.15) is 30.9 Å². The summed E-state index contributed by atoms with van der Waals surface area (Å²) in [5, 5.41) is 0. The van der Waals surface area contributed by atoms with Crippen LogP contribution in [0.3, 0.4) is 0 Å². The number of rotatable bonds is 8. The summed E-state index contributed by atoms with van der Waals surface area (Å²) < 4.78 is 5.32. The number of aromatic nitrogens is 1. The molecule has 2 saturated heterocycles. The van der Waals surface area contributed by atoms with Crippen LogP contribution in [-0.2, 0) is 22.5 Å². The topological polar surface area (TPSA) is 66.0 Å². The van der Waals surface area contributed by atoms with E-state index in [9.17, 15) is 9.59 Å². The SMILES string of the molecule is COCC(C)N1CCC2(CC1)C(=O)N(Cc1cccnc1)C(=O)N2CCc1ccccc1. The Morgan fingerprint density at radius 3 is 2.44 bits per heavy atom. The molecule has 1 atom stereocenters. The summed E-state index contributed by atoms with van der Waals surface area (Å²) in [7, 11) is 1.71. The lowest BCUT2D eigenvalue weighted by molar-refractivity contribution is -0.136. The summed E-state index contributed by atoms with van der Waals surface area (Å²) in [4.78, 5) is 37.0. The number of pyridine rings is 1. The Bertz CT molecular complexity index is 913. The summed E-state index contributed by atoms with van der Waals surface area (Å²) in [6.45, 7) is 5.14. The van der Waals surface area contributed by atoms with E-state index >= 15 is 0 Å². The largest absolute Gasteiger partial charge is 0.383 e.